The number of hydrogen-bond donors (Lipinski definition) is 1. The Hall–Kier alpha value is -2.89. The monoisotopic (exact) mass is 341 g/mol. The lowest BCUT2D eigenvalue weighted by Crippen LogP contribution is -2.27. The smallest absolute Gasteiger partial charge is 0.251 e. The summed E-state index contributed by atoms with van der Waals surface area (Å²) in [5.41, 5.74) is 1.49. The van der Waals surface area contributed by atoms with E-state index in [4.69, 9.17) is 18.9 Å². The number of rotatable bonds is 3. The van der Waals surface area contributed by atoms with Gasteiger partial charge in [-0.2, -0.15) is 0 Å². The highest BCUT2D eigenvalue weighted by molar-refractivity contribution is 5.95. The van der Waals surface area contributed by atoms with Crippen LogP contribution in [0.2, 0.25) is 0 Å². The highest BCUT2D eigenvalue weighted by Crippen LogP contribution is 2.33. The van der Waals surface area contributed by atoms with Gasteiger partial charge in [0.15, 0.2) is 23.0 Å². The van der Waals surface area contributed by atoms with Gasteiger partial charge >= 0.3 is 0 Å². The Kier molecular flexibility index (Phi) is 4.09. The first-order valence-corrected chi connectivity index (χ1v) is 8.31. The maximum absolute atomic E-state index is 12.5. The Morgan fingerprint density at radius 2 is 1.40 bits per heavy atom. The van der Waals surface area contributed by atoms with E-state index >= 15 is 0 Å². The van der Waals surface area contributed by atoms with Crippen molar-refractivity contribution in [1.82, 2.24) is 5.32 Å². The molecule has 0 radical (unpaired) electrons. The molecule has 25 heavy (non-hydrogen) atoms. The molecular formula is C19H19NO5. The molecule has 1 amide bonds. The number of ether oxygens (including phenoxy) is 4. The molecule has 1 N–H and O–H groups in total. The fourth-order valence-electron chi connectivity index (χ4n) is 2.88. The van der Waals surface area contributed by atoms with E-state index in [1.54, 1.807) is 18.2 Å². The van der Waals surface area contributed by atoms with Crippen molar-refractivity contribution in [2.24, 2.45) is 0 Å². The van der Waals surface area contributed by atoms with Gasteiger partial charge in [-0.1, -0.05) is 6.07 Å². The SMILES string of the molecule is CC(NC(=O)c1ccc2c(c1)OCCO2)c1ccc2c(c1)OCCO2. The minimum Gasteiger partial charge on any atom is -0.486 e. The molecule has 0 aliphatic carbocycles. The highest BCUT2D eigenvalue weighted by atomic mass is 16.6. The van der Waals surface area contributed by atoms with E-state index < -0.39 is 0 Å². The van der Waals surface area contributed by atoms with E-state index in [-0.39, 0.29) is 11.9 Å². The van der Waals surface area contributed by atoms with Gasteiger partial charge < -0.3 is 24.3 Å². The van der Waals surface area contributed by atoms with E-state index in [0.29, 0.717) is 49.2 Å². The van der Waals surface area contributed by atoms with Crippen molar-refractivity contribution in [3.63, 3.8) is 0 Å². The lowest BCUT2D eigenvalue weighted by molar-refractivity contribution is 0.0938. The summed E-state index contributed by atoms with van der Waals surface area (Å²) in [4.78, 5) is 12.5. The molecule has 4 rings (SSSR count). The lowest BCUT2D eigenvalue weighted by Gasteiger charge is -2.21. The van der Waals surface area contributed by atoms with Gasteiger partial charge in [0.05, 0.1) is 6.04 Å². The zero-order valence-electron chi connectivity index (χ0n) is 13.9. The van der Waals surface area contributed by atoms with Crippen LogP contribution >= 0.6 is 0 Å². The average molecular weight is 341 g/mol. The van der Waals surface area contributed by atoms with Gasteiger partial charge in [0, 0.05) is 5.56 Å². The molecule has 1 unspecified atom stereocenters. The molecule has 2 aliphatic heterocycles. The fourth-order valence-corrected chi connectivity index (χ4v) is 2.88. The van der Waals surface area contributed by atoms with Gasteiger partial charge in [0.1, 0.15) is 26.4 Å². The summed E-state index contributed by atoms with van der Waals surface area (Å²) in [6, 6.07) is 10.7. The molecule has 0 saturated carbocycles. The third kappa shape index (κ3) is 3.20. The Morgan fingerprint density at radius 1 is 0.840 bits per heavy atom. The van der Waals surface area contributed by atoms with Crippen molar-refractivity contribution in [1.29, 1.82) is 0 Å². The molecule has 2 heterocycles. The topological polar surface area (TPSA) is 66.0 Å². The molecule has 2 aromatic rings. The summed E-state index contributed by atoms with van der Waals surface area (Å²) >= 11 is 0. The van der Waals surface area contributed by atoms with Crippen LogP contribution in [0.4, 0.5) is 0 Å². The van der Waals surface area contributed by atoms with Gasteiger partial charge in [-0.25, -0.2) is 0 Å². The molecule has 0 fully saturated rings. The predicted molar refractivity (Wildman–Crippen MR) is 90.7 cm³/mol. The molecule has 6 heteroatoms. The maximum Gasteiger partial charge on any atom is 0.251 e. The van der Waals surface area contributed by atoms with Gasteiger partial charge in [-0.15, -0.1) is 0 Å². The average Bonchev–Trinajstić information content (AvgIpc) is 2.67. The Balaban J connectivity index is 1.48. The number of benzene rings is 2. The van der Waals surface area contributed by atoms with Crippen LogP contribution in [0.25, 0.3) is 0 Å². The quantitative estimate of drug-likeness (QED) is 0.930. The van der Waals surface area contributed by atoms with E-state index in [0.717, 1.165) is 11.3 Å². The second kappa shape index (κ2) is 6.55. The molecule has 130 valence electrons. The molecule has 0 aromatic heterocycles. The predicted octanol–water partition coefficient (Wildman–Crippen LogP) is 2.72. The first kappa shape index (κ1) is 15.6. The molecule has 0 bridgehead atoms. The maximum atomic E-state index is 12.5. The summed E-state index contributed by atoms with van der Waals surface area (Å²) in [6.07, 6.45) is 0. The van der Waals surface area contributed by atoms with Gasteiger partial charge in [-0.05, 0) is 42.8 Å². The number of fused-ring (bicyclic) bond motifs is 2. The van der Waals surface area contributed by atoms with Crippen LogP contribution in [0.3, 0.4) is 0 Å². The third-order valence-corrected chi connectivity index (χ3v) is 4.22. The molecule has 0 spiro atoms. The van der Waals surface area contributed by atoms with E-state index in [9.17, 15) is 4.79 Å². The Labute approximate surface area is 145 Å². The molecule has 6 nitrogen and oxygen atoms in total. The van der Waals surface area contributed by atoms with Crippen LogP contribution in [0, 0.1) is 0 Å². The van der Waals surface area contributed by atoms with Gasteiger partial charge in [0.25, 0.3) is 5.91 Å². The van der Waals surface area contributed by atoms with Crippen LogP contribution in [0.5, 0.6) is 23.0 Å². The zero-order valence-corrected chi connectivity index (χ0v) is 13.9. The number of amides is 1. The number of nitrogens with one attached hydrogen (secondary N) is 1. The van der Waals surface area contributed by atoms with Crippen molar-refractivity contribution >= 4 is 5.91 Å². The molecule has 1 atom stereocenters. The van der Waals surface area contributed by atoms with Crippen molar-refractivity contribution in [3.05, 3.63) is 47.5 Å². The standard InChI is InChI=1S/C19H19NO5/c1-12(13-2-4-15-17(10-13)24-8-6-22-15)20-19(21)14-3-5-16-18(11-14)25-9-7-23-16/h2-5,10-12H,6-9H2,1H3,(H,20,21). The van der Waals surface area contributed by atoms with Crippen LogP contribution in [0.15, 0.2) is 36.4 Å². The van der Waals surface area contributed by atoms with Gasteiger partial charge in [-0.3, -0.25) is 4.79 Å². The summed E-state index contributed by atoms with van der Waals surface area (Å²) in [5.74, 6) is 2.55. The van der Waals surface area contributed by atoms with Crippen molar-refractivity contribution in [2.75, 3.05) is 26.4 Å². The largest absolute Gasteiger partial charge is 0.486 e. The first-order chi connectivity index (χ1) is 12.2. The summed E-state index contributed by atoms with van der Waals surface area (Å²) < 4.78 is 22.1. The zero-order chi connectivity index (χ0) is 17.2. The Bertz CT molecular complexity index is 804. The normalized spacial score (nSPS) is 16.0. The number of hydrogen-bond acceptors (Lipinski definition) is 5. The molecule has 2 aromatic carbocycles. The van der Waals surface area contributed by atoms with Gasteiger partial charge in [0.2, 0.25) is 0 Å². The summed E-state index contributed by atoms with van der Waals surface area (Å²) in [6.45, 7) is 4.05. The number of carbonyl (C=O) groups excluding carboxylic acids is 1. The van der Waals surface area contributed by atoms with Crippen LogP contribution in [-0.4, -0.2) is 32.3 Å². The third-order valence-electron chi connectivity index (χ3n) is 4.22. The second-order valence-electron chi connectivity index (χ2n) is 5.96. The fraction of sp³-hybridized carbons (Fsp3) is 0.316. The lowest BCUT2D eigenvalue weighted by atomic mass is 10.1. The highest BCUT2D eigenvalue weighted by Gasteiger charge is 2.18. The van der Waals surface area contributed by atoms with E-state index in [1.807, 2.05) is 25.1 Å². The summed E-state index contributed by atoms with van der Waals surface area (Å²) in [5, 5.41) is 2.99. The van der Waals surface area contributed by atoms with Crippen LogP contribution in [-0.2, 0) is 0 Å². The minimum absolute atomic E-state index is 0.167. The van der Waals surface area contributed by atoms with E-state index in [1.165, 1.54) is 0 Å². The summed E-state index contributed by atoms with van der Waals surface area (Å²) in [7, 11) is 0. The second-order valence-corrected chi connectivity index (χ2v) is 5.96. The van der Waals surface area contributed by atoms with E-state index in [2.05, 4.69) is 5.32 Å². The minimum atomic E-state index is -0.170. The number of carbonyl (C=O) groups is 1. The molecule has 2 aliphatic rings. The first-order valence-electron chi connectivity index (χ1n) is 8.31. The van der Waals surface area contributed by atoms with Crippen LogP contribution < -0.4 is 24.3 Å². The molecule has 0 saturated heterocycles. The molecular weight excluding hydrogens is 322 g/mol. The van der Waals surface area contributed by atoms with Crippen molar-refractivity contribution in [2.45, 2.75) is 13.0 Å². The van der Waals surface area contributed by atoms with Crippen LogP contribution in [0.1, 0.15) is 28.9 Å². The Morgan fingerprint density at radius 3 is 2.08 bits per heavy atom. The van der Waals surface area contributed by atoms with Crippen molar-refractivity contribution in [3.8, 4) is 23.0 Å². The van der Waals surface area contributed by atoms with Crippen molar-refractivity contribution < 1.29 is 23.7 Å².